The summed E-state index contributed by atoms with van der Waals surface area (Å²) >= 11 is 3.17. The maximum absolute atomic E-state index is 12.6. The van der Waals surface area contributed by atoms with E-state index < -0.39 is 34.3 Å². The molecule has 0 unspecified atom stereocenters. The fourth-order valence-electron chi connectivity index (χ4n) is 2.04. The Morgan fingerprint density at radius 2 is 1.56 bits per heavy atom. The summed E-state index contributed by atoms with van der Waals surface area (Å²) in [4.78, 5) is 15.3. The summed E-state index contributed by atoms with van der Waals surface area (Å²) in [5, 5.41) is 0.00220. The molecule has 0 aromatic carbocycles. The van der Waals surface area contributed by atoms with Crippen molar-refractivity contribution in [3.8, 4) is 10.8 Å². The van der Waals surface area contributed by atoms with E-state index in [4.69, 9.17) is 13.6 Å². The Labute approximate surface area is 175 Å². The number of hydrogen-bond donors (Lipinski definition) is 0. The van der Waals surface area contributed by atoms with Crippen LogP contribution in [0.5, 0.6) is 0 Å². The zero-order valence-electron chi connectivity index (χ0n) is 18.7. The number of hydrogen-bond acceptors (Lipinski definition) is 4. The van der Waals surface area contributed by atoms with Gasteiger partial charge < -0.3 is 13.6 Å². The van der Waals surface area contributed by atoms with Crippen LogP contribution in [0.2, 0.25) is 36.3 Å². The molecular weight excluding hydrogens is 440 g/mol. The number of halogens is 1. The number of cyclic esters (lactones) is 1. The molecule has 0 fully saturated rings. The summed E-state index contributed by atoms with van der Waals surface area (Å²) in [6.45, 7) is 23.3. The van der Waals surface area contributed by atoms with Crippen LogP contribution in [-0.4, -0.2) is 34.3 Å². The van der Waals surface area contributed by atoms with Gasteiger partial charge in [-0.15, -0.1) is 0 Å². The van der Waals surface area contributed by atoms with Gasteiger partial charge in [-0.3, -0.25) is 0 Å². The van der Waals surface area contributed by atoms with E-state index in [-0.39, 0.29) is 15.8 Å². The number of ether oxygens (including phenoxy) is 1. The third kappa shape index (κ3) is 5.50. The van der Waals surface area contributed by atoms with Gasteiger partial charge in [0.2, 0.25) is 0 Å². The molecule has 1 aliphatic heterocycles. The monoisotopic (exact) mass is 474 g/mol. The lowest BCUT2D eigenvalue weighted by Gasteiger charge is -2.41. The van der Waals surface area contributed by atoms with Crippen LogP contribution in [0.4, 0.5) is 0 Å². The van der Waals surface area contributed by atoms with Crippen LogP contribution < -0.4 is 0 Å². The molecular formula is C20H35BrO4Si2. The average molecular weight is 476 g/mol. The van der Waals surface area contributed by atoms with Gasteiger partial charge in [-0.25, -0.2) is 4.79 Å². The highest BCUT2D eigenvalue weighted by molar-refractivity contribution is 9.12. The summed E-state index contributed by atoms with van der Waals surface area (Å²) < 4.78 is 18.4. The minimum atomic E-state index is -2.15. The molecule has 4 nitrogen and oxygen atoms in total. The van der Waals surface area contributed by atoms with Crippen molar-refractivity contribution in [1.29, 1.82) is 0 Å². The van der Waals surface area contributed by atoms with Crippen molar-refractivity contribution in [2.45, 2.75) is 96.4 Å². The topological polar surface area (TPSA) is 44.8 Å². The first-order chi connectivity index (χ1) is 11.9. The summed E-state index contributed by atoms with van der Waals surface area (Å²) in [5.41, 5.74) is -0.981. The van der Waals surface area contributed by atoms with Gasteiger partial charge in [0.15, 0.2) is 25.8 Å². The van der Waals surface area contributed by atoms with E-state index in [9.17, 15) is 4.79 Å². The molecule has 0 saturated heterocycles. The lowest BCUT2D eigenvalue weighted by Crippen LogP contribution is -2.50. The van der Waals surface area contributed by atoms with E-state index in [0.717, 1.165) is 0 Å². The number of esters is 1. The minimum absolute atomic E-state index is 0.0141. The SMILES string of the molecule is CC(C)(C)[Si](C)(C)OC1=C[C@@](C)([C@@H](C#CBr)O[Si](C)(C)C(C)(C)C)OC1=O. The van der Waals surface area contributed by atoms with Crippen LogP contribution in [0.1, 0.15) is 48.5 Å². The van der Waals surface area contributed by atoms with E-state index in [1.165, 1.54) is 0 Å². The highest BCUT2D eigenvalue weighted by Gasteiger charge is 2.50. The van der Waals surface area contributed by atoms with Gasteiger partial charge >= 0.3 is 5.97 Å². The van der Waals surface area contributed by atoms with E-state index in [2.05, 4.69) is 94.4 Å². The maximum atomic E-state index is 12.6. The summed E-state index contributed by atoms with van der Waals surface area (Å²) in [6, 6.07) is 0. The summed E-state index contributed by atoms with van der Waals surface area (Å²) in [7, 11) is -4.27. The van der Waals surface area contributed by atoms with E-state index in [1.54, 1.807) is 6.08 Å². The van der Waals surface area contributed by atoms with Gasteiger partial charge in [0.1, 0.15) is 0 Å². The first kappa shape index (κ1) is 24.5. The van der Waals surface area contributed by atoms with Gasteiger partial charge in [0.25, 0.3) is 8.32 Å². The third-order valence-corrected chi connectivity index (χ3v) is 15.0. The second-order valence-corrected chi connectivity index (χ2v) is 20.3. The highest BCUT2D eigenvalue weighted by Crippen LogP contribution is 2.42. The van der Waals surface area contributed by atoms with Crippen molar-refractivity contribution < 1.29 is 18.4 Å². The maximum Gasteiger partial charge on any atom is 0.373 e. The fourth-order valence-corrected chi connectivity index (χ4v) is 4.48. The Hall–Kier alpha value is -0.556. The molecule has 27 heavy (non-hydrogen) atoms. The first-order valence-corrected chi connectivity index (χ1v) is 15.9. The lowest BCUT2D eigenvalue weighted by molar-refractivity contribution is -0.151. The Balaban J connectivity index is 3.23. The Morgan fingerprint density at radius 3 is 1.96 bits per heavy atom. The molecule has 0 aromatic heterocycles. The molecule has 1 heterocycles. The second kappa shape index (κ2) is 7.70. The normalized spacial score (nSPS) is 22.5. The van der Waals surface area contributed by atoms with E-state index >= 15 is 0 Å². The van der Waals surface area contributed by atoms with Crippen LogP contribution in [0.15, 0.2) is 11.8 Å². The summed E-state index contributed by atoms with van der Waals surface area (Å²) in [5.74, 6) is 2.88. The van der Waals surface area contributed by atoms with Gasteiger partial charge in [-0.2, -0.15) is 0 Å². The lowest BCUT2D eigenvalue weighted by atomic mass is 10.0. The quantitative estimate of drug-likeness (QED) is 0.280. The largest absolute Gasteiger partial charge is 0.539 e. The van der Waals surface area contributed by atoms with Crippen LogP contribution in [0.3, 0.4) is 0 Å². The molecule has 1 rings (SSSR count). The summed E-state index contributed by atoms with van der Waals surface area (Å²) in [6.07, 6.45) is 1.19. The van der Waals surface area contributed by atoms with Crippen molar-refractivity contribution in [2.75, 3.05) is 0 Å². The molecule has 1 aliphatic rings. The molecule has 0 spiro atoms. The molecule has 0 aromatic rings. The molecule has 0 amide bonds. The Kier molecular flexibility index (Phi) is 6.98. The zero-order chi connectivity index (χ0) is 21.5. The molecule has 154 valence electrons. The standard InChI is InChI=1S/C20H35BrO4Si2/c1-18(2,3)26(8,9)24-15-14-20(7,23-17(15)22)16(12-13-21)25-27(10,11)19(4,5)6/h14,16H,1-11H3/t16-,20+/m1/s1. The van der Waals surface area contributed by atoms with Gasteiger partial charge in [0, 0.05) is 22.0 Å². The van der Waals surface area contributed by atoms with Crippen molar-refractivity contribution in [1.82, 2.24) is 0 Å². The fraction of sp³-hybridized carbons (Fsp3) is 0.750. The highest BCUT2D eigenvalue weighted by atomic mass is 79.9. The number of carbonyl (C=O) groups is 1. The molecule has 2 atom stereocenters. The molecule has 0 N–H and O–H groups in total. The van der Waals surface area contributed by atoms with E-state index in [1.807, 2.05) is 6.92 Å². The predicted octanol–water partition coefficient (Wildman–Crippen LogP) is 5.95. The van der Waals surface area contributed by atoms with Gasteiger partial charge in [0.05, 0.1) is 0 Å². The van der Waals surface area contributed by atoms with Crippen LogP contribution in [-0.2, 0) is 18.4 Å². The zero-order valence-corrected chi connectivity index (χ0v) is 22.3. The molecule has 0 aliphatic carbocycles. The molecule has 0 saturated carbocycles. The van der Waals surface area contributed by atoms with Gasteiger partial charge in [-0.05, 0) is 48.0 Å². The minimum Gasteiger partial charge on any atom is -0.539 e. The van der Waals surface area contributed by atoms with Crippen molar-refractivity contribution >= 4 is 38.5 Å². The molecule has 0 radical (unpaired) electrons. The van der Waals surface area contributed by atoms with Crippen LogP contribution >= 0.6 is 15.9 Å². The van der Waals surface area contributed by atoms with E-state index in [0.29, 0.717) is 0 Å². The van der Waals surface area contributed by atoms with Crippen LogP contribution in [0, 0.1) is 10.8 Å². The smallest absolute Gasteiger partial charge is 0.373 e. The average Bonchev–Trinajstić information content (AvgIpc) is 2.70. The predicted molar refractivity (Wildman–Crippen MR) is 120 cm³/mol. The first-order valence-electron chi connectivity index (χ1n) is 9.30. The Morgan fingerprint density at radius 1 is 1.07 bits per heavy atom. The van der Waals surface area contributed by atoms with Crippen molar-refractivity contribution in [2.24, 2.45) is 0 Å². The van der Waals surface area contributed by atoms with Crippen molar-refractivity contribution in [3.63, 3.8) is 0 Å². The second-order valence-electron chi connectivity index (χ2n) is 10.4. The molecule has 7 heteroatoms. The third-order valence-electron chi connectivity index (χ3n) is 6.03. The number of rotatable bonds is 5. The number of carbonyl (C=O) groups excluding carboxylic acids is 1. The van der Waals surface area contributed by atoms with Crippen molar-refractivity contribution in [3.05, 3.63) is 11.8 Å². The molecule has 0 bridgehead atoms. The Bertz CT molecular complexity index is 675. The van der Waals surface area contributed by atoms with Crippen LogP contribution in [0.25, 0.3) is 0 Å². The van der Waals surface area contributed by atoms with Gasteiger partial charge in [-0.1, -0.05) is 47.5 Å².